The Labute approximate surface area is 207 Å². The molecule has 0 saturated heterocycles. The van der Waals surface area contributed by atoms with Crippen molar-refractivity contribution in [3.63, 3.8) is 0 Å². The smallest absolute Gasteiger partial charge is 1.00 e. The summed E-state index contributed by atoms with van der Waals surface area (Å²) < 4.78 is 0. The maximum atomic E-state index is 3.31. The van der Waals surface area contributed by atoms with E-state index in [4.69, 9.17) is 0 Å². The summed E-state index contributed by atoms with van der Waals surface area (Å²) >= 11 is 0. The molecule has 2 aliphatic rings. The van der Waals surface area contributed by atoms with Gasteiger partial charge in [-0.15, -0.1) is 12.8 Å². The van der Waals surface area contributed by atoms with E-state index in [1.165, 1.54) is 33.4 Å². The Morgan fingerprint density at radius 1 is 0.621 bits per heavy atom. The fourth-order valence-corrected chi connectivity index (χ4v) is 3.27. The van der Waals surface area contributed by atoms with Crippen molar-refractivity contribution in [3.8, 4) is 0 Å². The van der Waals surface area contributed by atoms with Crippen LogP contribution in [0.2, 0.25) is 0 Å². The Balaban J connectivity index is 0.000000490. The van der Waals surface area contributed by atoms with Gasteiger partial charge in [-0.25, -0.2) is 23.3 Å². The van der Waals surface area contributed by atoms with Crippen LogP contribution < -0.4 is 24.8 Å². The molecule has 0 heterocycles. The molecular weight excluding hydrogens is 474 g/mol. The van der Waals surface area contributed by atoms with Gasteiger partial charge in [-0.3, -0.25) is 12.2 Å². The largest absolute Gasteiger partial charge is 4.00 e. The first-order valence-electron chi connectivity index (χ1n) is 9.30. The van der Waals surface area contributed by atoms with Gasteiger partial charge in [-0.05, 0) is 24.0 Å². The summed E-state index contributed by atoms with van der Waals surface area (Å²) in [5, 5.41) is 0. The summed E-state index contributed by atoms with van der Waals surface area (Å²) in [5.74, 6) is 0. The molecule has 4 rings (SSSR count). The maximum absolute atomic E-state index is 3.31. The van der Waals surface area contributed by atoms with Crippen LogP contribution in [0.15, 0.2) is 95.1 Å². The zero-order valence-electron chi connectivity index (χ0n) is 17.0. The van der Waals surface area contributed by atoms with Gasteiger partial charge in [0.2, 0.25) is 0 Å². The monoisotopic (exact) mass is 498 g/mol. The summed E-state index contributed by atoms with van der Waals surface area (Å²) in [7, 11) is 0. The van der Waals surface area contributed by atoms with Gasteiger partial charge >= 0.3 is 26.2 Å². The van der Waals surface area contributed by atoms with Gasteiger partial charge in [0.15, 0.2) is 0 Å². The molecule has 0 aromatic heterocycles. The Morgan fingerprint density at radius 2 is 0.966 bits per heavy atom. The van der Waals surface area contributed by atoms with E-state index in [0.717, 1.165) is 25.7 Å². The van der Waals surface area contributed by atoms with Gasteiger partial charge in [0.05, 0.1) is 0 Å². The van der Waals surface area contributed by atoms with Gasteiger partial charge in [0.25, 0.3) is 0 Å². The van der Waals surface area contributed by atoms with Crippen LogP contribution in [0, 0.1) is 12.2 Å². The number of allylic oxidation sites excluding steroid dienone is 8. The van der Waals surface area contributed by atoms with E-state index < -0.39 is 0 Å². The third kappa shape index (κ3) is 9.94. The molecule has 0 N–H and O–H groups in total. The number of benzene rings is 2. The minimum Gasteiger partial charge on any atom is -1.00 e. The van der Waals surface area contributed by atoms with Crippen LogP contribution >= 0.6 is 0 Å². The summed E-state index contributed by atoms with van der Waals surface area (Å²) in [5.41, 5.74) is 8.31. The Bertz CT molecular complexity index is 773. The number of rotatable bonds is 4. The van der Waals surface area contributed by atoms with E-state index in [2.05, 4.69) is 98.8 Å². The van der Waals surface area contributed by atoms with E-state index in [0.29, 0.717) is 0 Å². The van der Waals surface area contributed by atoms with Crippen molar-refractivity contribution in [2.75, 3.05) is 0 Å². The van der Waals surface area contributed by atoms with Crippen molar-refractivity contribution in [1.82, 2.24) is 0 Å². The summed E-state index contributed by atoms with van der Waals surface area (Å²) in [4.78, 5) is 0. The summed E-state index contributed by atoms with van der Waals surface area (Å²) in [6.07, 6.45) is 15.3. The van der Waals surface area contributed by atoms with E-state index in [1.807, 2.05) is 0 Å². The Morgan fingerprint density at radius 3 is 1.24 bits per heavy atom. The third-order valence-corrected chi connectivity index (χ3v) is 4.58. The van der Waals surface area contributed by atoms with Gasteiger partial charge < -0.3 is 24.8 Å². The molecule has 148 valence electrons. The van der Waals surface area contributed by atoms with Crippen LogP contribution in [0.1, 0.15) is 37.8 Å². The van der Waals surface area contributed by atoms with Crippen molar-refractivity contribution in [3.05, 3.63) is 118 Å². The number of hydrogen-bond acceptors (Lipinski definition) is 0. The molecule has 0 unspecified atom stereocenters. The zero-order valence-corrected chi connectivity index (χ0v) is 21.0. The molecule has 0 radical (unpaired) electrons. The van der Waals surface area contributed by atoms with Crippen molar-refractivity contribution in [2.45, 2.75) is 39.5 Å². The standard InChI is InChI=1S/2C13H13.2ClH.Zr/c2*1-11-7-8-13(9-11)10-12-5-3-2-4-6-12;;;/h2*2-6,9H,8,10H2,1H3;2*1H;/q2*-1;;;+4/p-2. The van der Waals surface area contributed by atoms with Gasteiger partial charge in [0.1, 0.15) is 0 Å². The third-order valence-electron chi connectivity index (χ3n) is 4.58. The van der Waals surface area contributed by atoms with E-state index in [1.54, 1.807) is 0 Å². The second-order valence-electron chi connectivity index (χ2n) is 7.00. The number of hydrogen-bond donors (Lipinski definition) is 0. The zero-order chi connectivity index (χ0) is 18.2. The minimum absolute atomic E-state index is 0. The average Bonchev–Trinajstić information content (AvgIpc) is 3.25. The van der Waals surface area contributed by atoms with Crippen LogP contribution in [0.4, 0.5) is 0 Å². The topological polar surface area (TPSA) is 0 Å². The van der Waals surface area contributed by atoms with Crippen molar-refractivity contribution in [2.24, 2.45) is 0 Å². The summed E-state index contributed by atoms with van der Waals surface area (Å²) in [6.45, 7) is 4.22. The van der Waals surface area contributed by atoms with Gasteiger partial charge in [-0.1, -0.05) is 74.5 Å². The molecule has 2 aromatic rings. The SMILES string of the molecule is CC1=[C-]CC(Cc2ccccc2)=C1.CC1=[C-]CC(Cc2ccccc2)=C1.[Cl-].[Cl-].[Zr+4]. The predicted molar refractivity (Wildman–Crippen MR) is 111 cm³/mol. The molecule has 0 saturated carbocycles. The van der Waals surface area contributed by atoms with Crippen LogP contribution in [0.25, 0.3) is 0 Å². The van der Waals surface area contributed by atoms with E-state index >= 15 is 0 Å². The molecule has 3 heteroatoms. The van der Waals surface area contributed by atoms with E-state index in [9.17, 15) is 0 Å². The molecule has 0 spiro atoms. The molecule has 2 aromatic carbocycles. The number of halogens is 2. The first-order valence-corrected chi connectivity index (χ1v) is 9.30. The van der Waals surface area contributed by atoms with E-state index in [-0.39, 0.29) is 51.0 Å². The molecule has 0 nitrogen and oxygen atoms in total. The van der Waals surface area contributed by atoms with Crippen molar-refractivity contribution < 1.29 is 51.0 Å². The van der Waals surface area contributed by atoms with Gasteiger partial charge in [-0.2, -0.15) is 11.1 Å². The molecule has 0 amide bonds. The second-order valence-corrected chi connectivity index (χ2v) is 7.00. The quantitative estimate of drug-likeness (QED) is 0.541. The fourth-order valence-electron chi connectivity index (χ4n) is 3.27. The van der Waals surface area contributed by atoms with Gasteiger partial charge in [0, 0.05) is 0 Å². The molecule has 0 bridgehead atoms. The fraction of sp³-hybridized carbons (Fsp3) is 0.231. The van der Waals surface area contributed by atoms with Crippen LogP contribution in [0.3, 0.4) is 0 Å². The van der Waals surface area contributed by atoms with Crippen LogP contribution in [0.5, 0.6) is 0 Å². The molecule has 0 atom stereocenters. The van der Waals surface area contributed by atoms with Crippen LogP contribution in [-0.2, 0) is 39.0 Å². The first-order chi connectivity index (χ1) is 12.7. The second kappa shape index (κ2) is 14.8. The first kappa shape index (κ1) is 27.9. The Kier molecular flexibility index (Phi) is 14.2. The molecule has 0 aliphatic heterocycles. The average molecular weight is 501 g/mol. The predicted octanol–water partition coefficient (Wildman–Crippen LogP) is 0.623. The maximum Gasteiger partial charge on any atom is 4.00 e. The van der Waals surface area contributed by atoms with Crippen LogP contribution in [-0.4, -0.2) is 0 Å². The van der Waals surface area contributed by atoms with Crippen molar-refractivity contribution in [1.29, 1.82) is 0 Å². The van der Waals surface area contributed by atoms with Crippen molar-refractivity contribution >= 4 is 0 Å². The molecule has 0 fully saturated rings. The Hall–Kier alpha value is -1.14. The minimum atomic E-state index is 0. The molecular formula is C26H26Cl2Zr. The normalized spacial score (nSPS) is 13.9. The molecule has 2 aliphatic carbocycles. The molecule has 29 heavy (non-hydrogen) atoms. The summed E-state index contributed by atoms with van der Waals surface area (Å²) in [6, 6.07) is 21.2.